The summed E-state index contributed by atoms with van der Waals surface area (Å²) in [5, 5.41) is 2.41. The van der Waals surface area contributed by atoms with Crippen LogP contribution in [0.2, 0.25) is 0 Å². The third kappa shape index (κ3) is 3.42. The minimum atomic E-state index is 0.851. The second-order valence-electron chi connectivity index (χ2n) is 6.18. The number of isothiocyanates is 1. The molecule has 0 saturated heterocycles. The van der Waals surface area contributed by atoms with Gasteiger partial charge < -0.3 is 0 Å². The summed E-state index contributed by atoms with van der Waals surface area (Å²) >= 11 is 8.45. The Bertz CT molecular complexity index is 878. The first-order valence-corrected chi connectivity index (χ1v) is 10.2. The van der Waals surface area contributed by atoms with Crippen molar-refractivity contribution in [1.82, 2.24) is 0 Å². The van der Waals surface area contributed by atoms with Crippen molar-refractivity contribution < 1.29 is 0 Å². The Kier molecular flexibility index (Phi) is 4.72. The molecule has 0 atom stereocenters. The molecule has 1 aliphatic carbocycles. The van der Waals surface area contributed by atoms with Crippen LogP contribution in [0.1, 0.15) is 24.1 Å². The van der Waals surface area contributed by atoms with Gasteiger partial charge in [0.05, 0.1) is 10.8 Å². The highest BCUT2D eigenvalue weighted by molar-refractivity contribution is 7.78. The van der Waals surface area contributed by atoms with Crippen LogP contribution in [-0.4, -0.2) is 5.16 Å². The van der Waals surface area contributed by atoms with Crippen molar-refractivity contribution in [2.75, 3.05) is 0 Å². The zero-order valence-corrected chi connectivity index (χ0v) is 15.6. The molecule has 120 valence electrons. The molecule has 0 radical (unpaired) electrons. The predicted molar refractivity (Wildman–Crippen MR) is 109 cm³/mol. The quantitative estimate of drug-likeness (QED) is 0.342. The molecule has 0 N–H and O–H groups in total. The molecule has 24 heavy (non-hydrogen) atoms. The minimum Gasteiger partial charge on any atom is -0.195 e. The van der Waals surface area contributed by atoms with E-state index in [1.165, 1.54) is 50.8 Å². The lowest BCUT2D eigenvalue weighted by molar-refractivity contribution is 0.316. The second kappa shape index (κ2) is 7.12. The molecule has 0 aliphatic heterocycles. The van der Waals surface area contributed by atoms with Crippen LogP contribution in [0.15, 0.2) is 53.5 Å². The van der Waals surface area contributed by atoms with Gasteiger partial charge in [-0.05, 0) is 66.5 Å². The van der Waals surface area contributed by atoms with E-state index in [1.54, 1.807) is 0 Å². The Hall–Kier alpha value is -1.58. The van der Waals surface area contributed by atoms with Crippen LogP contribution in [0, 0.1) is 5.92 Å². The van der Waals surface area contributed by atoms with Crippen LogP contribution >= 0.6 is 34.9 Å². The summed E-state index contributed by atoms with van der Waals surface area (Å²) in [4.78, 5) is 9.57. The lowest BCUT2D eigenvalue weighted by atomic mass is 9.83. The summed E-state index contributed by atoms with van der Waals surface area (Å²) in [5.74, 6) is 0.934. The fourth-order valence-electron chi connectivity index (χ4n) is 2.98. The maximum Gasteiger partial charge on any atom is 0.0739 e. The largest absolute Gasteiger partial charge is 0.195 e. The molecule has 4 rings (SSSR count). The van der Waals surface area contributed by atoms with Crippen LogP contribution in [0.5, 0.6) is 0 Å². The third-order valence-electron chi connectivity index (χ3n) is 4.55. The van der Waals surface area contributed by atoms with Gasteiger partial charge in [-0.25, -0.2) is 0 Å². The van der Waals surface area contributed by atoms with E-state index in [9.17, 15) is 0 Å². The van der Waals surface area contributed by atoms with Gasteiger partial charge in [-0.1, -0.05) is 31.4 Å². The second-order valence-corrected chi connectivity index (χ2v) is 8.62. The first kappa shape index (κ1) is 15.9. The molecule has 0 bridgehead atoms. The number of hydrogen-bond donors (Lipinski definition) is 0. The Morgan fingerprint density at radius 2 is 1.62 bits per heavy atom. The number of thiophene rings is 2. The van der Waals surface area contributed by atoms with Crippen molar-refractivity contribution in [2.45, 2.75) is 25.7 Å². The molecule has 0 spiro atoms. The average molecular weight is 368 g/mol. The number of benzene rings is 1. The third-order valence-corrected chi connectivity index (χ3v) is 7.08. The molecule has 0 unspecified atom stereocenters. The first-order valence-electron chi connectivity index (χ1n) is 8.19. The van der Waals surface area contributed by atoms with E-state index in [4.69, 9.17) is 0 Å². The fourth-order valence-corrected chi connectivity index (χ4v) is 5.31. The van der Waals surface area contributed by atoms with Crippen LogP contribution in [0.25, 0.3) is 20.2 Å². The predicted octanol–water partition coefficient (Wildman–Crippen LogP) is 7.22. The molecule has 1 saturated carbocycles. The summed E-state index contributed by atoms with van der Waals surface area (Å²) < 4.78 is 0. The Morgan fingerprint density at radius 1 is 0.917 bits per heavy atom. The average Bonchev–Trinajstić information content (AvgIpc) is 3.21. The van der Waals surface area contributed by atoms with E-state index in [1.807, 2.05) is 34.8 Å². The van der Waals surface area contributed by atoms with Gasteiger partial charge in [-0.15, -0.1) is 22.7 Å². The normalized spacial score (nSPS) is 14.2. The molecule has 2 heterocycles. The van der Waals surface area contributed by atoms with E-state index in [0.717, 1.165) is 11.6 Å². The molecule has 0 amide bonds. The van der Waals surface area contributed by atoms with Crippen molar-refractivity contribution in [3.05, 3.63) is 53.4 Å². The van der Waals surface area contributed by atoms with Crippen LogP contribution < -0.4 is 0 Å². The van der Waals surface area contributed by atoms with Crippen molar-refractivity contribution in [1.29, 1.82) is 0 Å². The number of thiocarbonyl (C=S) groups is 1. The van der Waals surface area contributed by atoms with Gasteiger partial charge in [0.25, 0.3) is 0 Å². The highest BCUT2D eigenvalue weighted by Crippen LogP contribution is 2.39. The van der Waals surface area contributed by atoms with Gasteiger partial charge in [-0.3, -0.25) is 0 Å². The van der Waals surface area contributed by atoms with Gasteiger partial charge >= 0.3 is 0 Å². The Balaban J connectivity index is 1.52. The van der Waals surface area contributed by atoms with Gasteiger partial charge in [0, 0.05) is 19.5 Å². The number of aliphatic imine (C=N–C) groups is 1. The molecule has 4 heteroatoms. The van der Waals surface area contributed by atoms with E-state index in [2.05, 4.69) is 58.8 Å². The fraction of sp³-hybridized carbons (Fsp3) is 0.250. The first-order chi connectivity index (χ1) is 11.8. The summed E-state index contributed by atoms with van der Waals surface area (Å²) in [6.07, 6.45) is 5.52. The maximum absolute atomic E-state index is 4.64. The van der Waals surface area contributed by atoms with Crippen molar-refractivity contribution >= 4 is 45.7 Å². The summed E-state index contributed by atoms with van der Waals surface area (Å²) in [7, 11) is 0. The number of nitrogens with zero attached hydrogens (tertiary/aromatic N) is 1. The van der Waals surface area contributed by atoms with Crippen molar-refractivity contribution in [3.8, 4) is 20.2 Å². The Morgan fingerprint density at radius 3 is 2.33 bits per heavy atom. The lowest BCUT2D eigenvalue weighted by Gasteiger charge is -2.24. The minimum absolute atomic E-state index is 0.851. The standard InChI is InChI=1S/C20H17NS3/c22-13-21-16-6-4-15(5-7-16)18-10-11-20(24-18)19-9-8-17(23-19)12-14-2-1-3-14/h4-11,14H,1-3,12H2. The van der Waals surface area contributed by atoms with Crippen LogP contribution in [0.4, 0.5) is 5.69 Å². The molecule has 2 aromatic heterocycles. The molecular weight excluding hydrogens is 350 g/mol. The van der Waals surface area contributed by atoms with Gasteiger partial charge in [-0.2, -0.15) is 4.99 Å². The number of rotatable bonds is 5. The van der Waals surface area contributed by atoms with Crippen LogP contribution in [-0.2, 0) is 6.42 Å². The number of hydrogen-bond acceptors (Lipinski definition) is 4. The Labute approximate surface area is 155 Å². The monoisotopic (exact) mass is 367 g/mol. The maximum atomic E-state index is 4.64. The van der Waals surface area contributed by atoms with Gasteiger partial charge in [0.2, 0.25) is 0 Å². The lowest BCUT2D eigenvalue weighted by Crippen LogP contribution is -2.12. The zero-order chi connectivity index (χ0) is 16.4. The van der Waals surface area contributed by atoms with Crippen molar-refractivity contribution in [2.24, 2.45) is 10.9 Å². The van der Waals surface area contributed by atoms with Gasteiger partial charge in [0.1, 0.15) is 0 Å². The molecule has 3 aromatic rings. The van der Waals surface area contributed by atoms with E-state index in [-0.39, 0.29) is 0 Å². The SMILES string of the molecule is S=C=Nc1ccc(-c2ccc(-c3ccc(CC4CCC4)s3)s2)cc1. The molecule has 1 fully saturated rings. The topological polar surface area (TPSA) is 12.4 Å². The highest BCUT2D eigenvalue weighted by atomic mass is 32.1. The van der Waals surface area contributed by atoms with Crippen molar-refractivity contribution in [3.63, 3.8) is 0 Å². The molecule has 1 aliphatic rings. The summed E-state index contributed by atoms with van der Waals surface area (Å²) in [6, 6.07) is 17.2. The summed E-state index contributed by atoms with van der Waals surface area (Å²) in [6.45, 7) is 0. The van der Waals surface area contributed by atoms with Crippen LogP contribution in [0.3, 0.4) is 0 Å². The summed E-state index contributed by atoms with van der Waals surface area (Å²) in [5.41, 5.74) is 2.07. The van der Waals surface area contributed by atoms with E-state index >= 15 is 0 Å². The molecule has 1 aromatic carbocycles. The zero-order valence-electron chi connectivity index (χ0n) is 13.2. The smallest absolute Gasteiger partial charge is 0.0739 e. The van der Waals surface area contributed by atoms with E-state index in [0.29, 0.717) is 0 Å². The molecular formula is C20H17NS3. The molecule has 1 nitrogen and oxygen atoms in total. The van der Waals surface area contributed by atoms with Gasteiger partial charge in [0.15, 0.2) is 0 Å². The highest BCUT2D eigenvalue weighted by Gasteiger charge is 2.18. The van der Waals surface area contributed by atoms with E-state index < -0.39 is 0 Å².